The van der Waals surface area contributed by atoms with E-state index < -0.39 is 23.0 Å². The smallest absolute Gasteiger partial charge is 0.343 e. The first-order chi connectivity index (χ1) is 12.0. The van der Waals surface area contributed by atoms with Crippen molar-refractivity contribution in [3.05, 3.63) is 56.4 Å². The maximum atomic E-state index is 12.5. The van der Waals surface area contributed by atoms with Crippen molar-refractivity contribution in [1.29, 1.82) is 0 Å². The minimum atomic E-state index is -1.39. The summed E-state index contributed by atoms with van der Waals surface area (Å²) in [6, 6.07) is 6.58. The summed E-state index contributed by atoms with van der Waals surface area (Å²) in [6.07, 6.45) is 2.91. The monoisotopic (exact) mass is 406 g/mol. The van der Waals surface area contributed by atoms with E-state index in [1.807, 2.05) is 4.90 Å². The Morgan fingerprint density at radius 3 is 2.40 bits per heavy atom. The van der Waals surface area contributed by atoms with Gasteiger partial charge < -0.3 is 10.0 Å². The summed E-state index contributed by atoms with van der Waals surface area (Å²) in [5, 5.41) is 9.14. The Balaban J connectivity index is 2.01. The second kappa shape index (κ2) is 7.06. The van der Waals surface area contributed by atoms with Crippen LogP contribution < -0.4 is 15.9 Å². The first-order valence-electron chi connectivity index (χ1n) is 7.64. The minimum absolute atomic E-state index is 0.234. The van der Waals surface area contributed by atoms with Crippen LogP contribution >= 0.6 is 15.9 Å². The second-order valence-corrected chi connectivity index (χ2v) is 6.48. The molecule has 3 rings (SSSR count). The van der Waals surface area contributed by atoms with E-state index in [4.69, 9.17) is 5.11 Å². The van der Waals surface area contributed by atoms with Crippen LogP contribution in [0.25, 0.3) is 0 Å². The highest BCUT2D eigenvalue weighted by Gasteiger charge is 2.23. The number of nitrogens with zero attached hydrogens (tertiary/aromatic N) is 3. The van der Waals surface area contributed by atoms with E-state index in [1.54, 1.807) is 24.3 Å². The summed E-state index contributed by atoms with van der Waals surface area (Å²) in [4.78, 5) is 42.1. The molecule has 0 unspecified atom stereocenters. The van der Waals surface area contributed by atoms with Crippen molar-refractivity contribution in [1.82, 2.24) is 9.66 Å². The van der Waals surface area contributed by atoms with Gasteiger partial charge in [0.05, 0.1) is 6.20 Å². The van der Waals surface area contributed by atoms with Crippen molar-refractivity contribution < 1.29 is 14.7 Å². The van der Waals surface area contributed by atoms with Gasteiger partial charge in [-0.15, -0.1) is 0 Å². The number of anilines is 1. The number of aromatic carboxylic acids is 1. The second-order valence-electron chi connectivity index (χ2n) is 5.56. The average Bonchev–Trinajstić information content (AvgIpc) is 3.11. The summed E-state index contributed by atoms with van der Waals surface area (Å²) >= 11 is 3.29. The minimum Gasteiger partial charge on any atom is -0.477 e. The van der Waals surface area contributed by atoms with Crippen LogP contribution in [0.15, 0.2) is 39.7 Å². The lowest BCUT2D eigenvalue weighted by molar-refractivity contribution is 0.0693. The van der Waals surface area contributed by atoms with Gasteiger partial charge in [-0.2, -0.15) is 4.68 Å². The first kappa shape index (κ1) is 17.2. The molecule has 1 aliphatic rings. The number of carboxylic acid groups (broad SMARTS) is 1. The molecule has 1 amide bonds. The average molecular weight is 407 g/mol. The van der Waals surface area contributed by atoms with E-state index in [-0.39, 0.29) is 5.95 Å². The van der Waals surface area contributed by atoms with Crippen LogP contribution in [0.4, 0.5) is 5.95 Å². The normalized spacial score (nSPS) is 13.7. The Kier molecular flexibility index (Phi) is 4.84. The highest BCUT2D eigenvalue weighted by atomic mass is 79.9. The zero-order chi connectivity index (χ0) is 18.0. The van der Waals surface area contributed by atoms with Gasteiger partial charge in [0.2, 0.25) is 5.95 Å². The molecule has 130 valence electrons. The Hall–Kier alpha value is -2.68. The topological polar surface area (TPSA) is 105 Å². The van der Waals surface area contributed by atoms with Crippen molar-refractivity contribution in [2.45, 2.75) is 12.8 Å². The van der Waals surface area contributed by atoms with E-state index in [0.29, 0.717) is 18.7 Å². The molecule has 2 heterocycles. The number of rotatable bonds is 4. The highest BCUT2D eigenvalue weighted by molar-refractivity contribution is 9.10. The van der Waals surface area contributed by atoms with E-state index in [0.717, 1.165) is 28.2 Å². The maximum absolute atomic E-state index is 12.5. The van der Waals surface area contributed by atoms with E-state index in [2.05, 4.69) is 26.3 Å². The Morgan fingerprint density at radius 1 is 1.16 bits per heavy atom. The molecule has 9 heteroatoms. The number of aromatic nitrogens is 2. The molecule has 25 heavy (non-hydrogen) atoms. The van der Waals surface area contributed by atoms with Crippen molar-refractivity contribution in [2.75, 3.05) is 23.4 Å². The molecule has 8 nitrogen and oxygen atoms in total. The highest BCUT2D eigenvalue weighted by Crippen LogP contribution is 2.16. The molecule has 0 saturated carbocycles. The zero-order valence-corrected chi connectivity index (χ0v) is 14.7. The van der Waals surface area contributed by atoms with Gasteiger partial charge in [-0.05, 0) is 37.1 Å². The predicted octanol–water partition coefficient (Wildman–Crippen LogP) is 1.69. The van der Waals surface area contributed by atoms with E-state index in [1.165, 1.54) is 0 Å². The summed E-state index contributed by atoms with van der Waals surface area (Å²) in [7, 11) is 0. The fraction of sp³-hybridized carbons (Fsp3) is 0.250. The Labute approximate surface area is 151 Å². The lowest BCUT2D eigenvalue weighted by atomic mass is 10.2. The molecule has 0 bridgehead atoms. The van der Waals surface area contributed by atoms with Crippen LogP contribution in [0, 0.1) is 0 Å². The number of carbonyl (C=O) groups excluding carboxylic acids is 1. The number of carbonyl (C=O) groups is 2. The van der Waals surface area contributed by atoms with Crippen LogP contribution in [0.1, 0.15) is 33.6 Å². The van der Waals surface area contributed by atoms with E-state index in [9.17, 15) is 14.4 Å². The number of benzene rings is 1. The molecule has 1 fully saturated rings. The number of nitrogens with one attached hydrogen (secondary N) is 1. The van der Waals surface area contributed by atoms with Crippen molar-refractivity contribution in [3.63, 3.8) is 0 Å². The first-order valence-corrected chi connectivity index (χ1v) is 8.44. The molecule has 2 aromatic rings. The lowest BCUT2D eigenvalue weighted by Gasteiger charge is -2.21. The van der Waals surface area contributed by atoms with Gasteiger partial charge in [-0.25, -0.2) is 9.78 Å². The molecular formula is C16H15BrN4O4. The molecule has 0 radical (unpaired) electrons. The van der Waals surface area contributed by atoms with Gasteiger partial charge >= 0.3 is 5.97 Å². The number of halogens is 1. The third-order valence-electron chi connectivity index (χ3n) is 3.88. The number of carboxylic acids is 1. The van der Waals surface area contributed by atoms with Crippen LogP contribution in [-0.4, -0.2) is 39.7 Å². The third kappa shape index (κ3) is 3.55. The maximum Gasteiger partial charge on any atom is 0.343 e. The lowest BCUT2D eigenvalue weighted by Crippen LogP contribution is -2.40. The predicted molar refractivity (Wildman–Crippen MR) is 94.7 cm³/mol. The molecular weight excluding hydrogens is 392 g/mol. The largest absolute Gasteiger partial charge is 0.477 e. The summed E-state index contributed by atoms with van der Waals surface area (Å²) in [5.74, 6) is -1.69. The van der Waals surface area contributed by atoms with Gasteiger partial charge in [0.25, 0.3) is 11.5 Å². The van der Waals surface area contributed by atoms with Gasteiger partial charge in [0, 0.05) is 23.1 Å². The number of hydrogen-bond acceptors (Lipinski definition) is 5. The summed E-state index contributed by atoms with van der Waals surface area (Å²) in [6.45, 7) is 1.38. The van der Waals surface area contributed by atoms with E-state index >= 15 is 0 Å². The molecule has 0 atom stereocenters. The summed E-state index contributed by atoms with van der Waals surface area (Å²) < 4.78 is 1.73. The fourth-order valence-electron chi connectivity index (χ4n) is 2.60. The number of hydrogen-bond donors (Lipinski definition) is 2. The van der Waals surface area contributed by atoms with Crippen molar-refractivity contribution >= 4 is 33.8 Å². The van der Waals surface area contributed by atoms with Gasteiger partial charge in [-0.1, -0.05) is 15.9 Å². The van der Waals surface area contributed by atoms with Crippen LogP contribution in [0.5, 0.6) is 0 Å². The Morgan fingerprint density at radius 2 is 1.80 bits per heavy atom. The molecule has 1 saturated heterocycles. The molecule has 1 aromatic carbocycles. The van der Waals surface area contributed by atoms with Crippen molar-refractivity contribution in [2.24, 2.45) is 0 Å². The molecule has 2 N–H and O–H groups in total. The van der Waals surface area contributed by atoms with Crippen LogP contribution in [-0.2, 0) is 0 Å². The molecule has 1 aromatic heterocycles. The molecule has 0 spiro atoms. The van der Waals surface area contributed by atoms with Crippen molar-refractivity contribution in [3.8, 4) is 0 Å². The third-order valence-corrected chi connectivity index (χ3v) is 4.41. The fourth-order valence-corrected chi connectivity index (χ4v) is 2.87. The zero-order valence-electron chi connectivity index (χ0n) is 13.1. The van der Waals surface area contributed by atoms with Gasteiger partial charge in [-0.3, -0.25) is 15.0 Å². The summed E-state index contributed by atoms with van der Waals surface area (Å²) in [5.41, 5.74) is 1.48. The van der Waals surface area contributed by atoms with Gasteiger partial charge in [0.15, 0.2) is 0 Å². The molecule has 0 aliphatic carbocycles. The number of amides is 1. The SMILES string of the molecule is O=C(Nn1c(N2CCCC2)ncc(C(=O)O)c1=O)c1ccc(Br)cc1. The standard InChI is InChI=1S/C16H15BrN4O4/c17-11-5-3-10(4-6-11)13(22)19-21-14(23)12(15(24)25)9-18-16(21)20-7-1-2-8-20/h3-6,9H,1-2,7-8H2,(H,19,22)(H,24,25). The quantitative estimate of drug-likeness (QED) is 0.800. The Bertz CT molecular complexity index is 873. The molecule has 1 aliphatic heterocycles. The van der Waals surface area contributed by atoms with Crippen LogP contribution in [0.2, 0.25) is 0 Å². The van der Waals surface area contributed by atoms with Crippen LogP contribution in [0.3, 0.4) is 0 Å². The van der Waals surface area contributed by atoms with Gasteiger partial charge in [0.1, 0.15) is 5.56 Å².